The van der Waals surface area contributed by atoms with Crippen LogP contribution in [0.15, 0.2) is 18.5 Å². The molecule has 0 saturated heterocycles. The van der Waals surface area contributed by atoms with Gasteiger partial charge < -0.3 is 15.8 Å². The largest absolute Gasteiger partial charge is 0.370 e. The summed E-state index contributed by atoms with van der Waals surface area (Å²) < 4.78 is 4.92. The Bertz CT molecular complexity index is 278. The lowest BCUT2D eigenvalue weighted by Crippen LogP contribution is -2.20. The molecule has 0 aliphatic rings. The van der Waals surface area contributed by atoms with Crippen LogP contribution < -0.4 is 11.1 Å². The molecule has 6 nitrogen and oxygen atoms in total. The quantitative estimate of drug-likeness (QED) is 0.592. The zero-order chi connectivity index (χ0) is 10.2. The van der Waals surface area contributed by atoms with Gasteiger partial charge in [-0.3, -0.25) is 4.79 Å². The minimum absolute atomic E-state index is 0.0582. The van der Waals surface area contributed by atoms with Gasteiger partial charge in [-0.1, -0.05) is 0 Å². The second-order valence-corrected chi connectivity index (χ2v) is 2.52. The highest BCUT2D eigenvalue weighted by Gasteiger charge is 1.94. The van der Waals surface area contributed by atoms with Crippen molar-refractivity contribution >= 4 is 11.9 Å². The molecule has 0 atom stereocenters. The van der Waals surface area contributed by atoms with E-state index in [1.807, 2.05) is 0 Å². The van der Waals surface area contributed by atoms with E-state index in [-0.39, 0.29) is 6.61 Å². The molecule has 0 spiro atoms. The van der Waals surface area contributed by atoms with Gasteiger partial charge >= 0.3 is 0 Å². The molecular weight excluding hydrogens is 184 g/mol. The van der Waals surface area contributed by atoms with Crippen LogP contribution in [0, 0.1) is 0 Å². The lowest BCUT2D eigenvalue weighted by Gasteiger charge is -2.03. The molecule has 0 bridgehead atoms. The lowest BCUT2D eigenvalue weighted by atomic mass is 10.6. The molecule has 76 valence electrons. The summed E-state index contributed by atoms with van der Waals surface area (Å²) in [6.45, 7) is 0.871. The predicted octanol–water partition coefficient (Wildman–Crippen LogP) is -0.610. The number of rotatable bonds is 6. The molecule has 0 aliphatic carbocycles. The van der Waals surface area contributed by atoms with Crippen LogP contribution in [-0.4, -0.2) is 35.6 Å². The van der Waals surface area contributed by atoms with Gasteiger partial charge in [0, 0.05) is 18.9 Å². The molecule has 0 radical (unpaired) electrons. The molecule has 3 N–H and O–H groups in total. The first-order valence-corrected chi connectivity index (χ1v) is 4.16. The van der Waals surface area contributed by atoms with Gasteiger partial charge in [0.15, 0.2) is 0 Å². The van der Waals surface area contributed by atoms with E-state index in [0.717, 1.165) is 0 Å². The number of hydrogen-bond donors (Lipinski definition) is 2. The number of hydrogen-bond acceptors (Lipinski definition) is 5. The van der Waals surface area contributed by atoms with Crippen molar-refractivity contribution in [2.45, 2.75) is 0 Å². The van der Waals surface area contributed by atoms with Gasteiger partial charge in [0.05, 0.1) is 6.61 Å². The van der Waals surface area contributed by atoms with Gasteiger partial charge in [-0.2, -0.15) is 0 Å². The second kappa shape index (κ2) is 5.87. The number of carbonyl (C=O) groups excluding carboxylic acids is 1. The normalized spacial score (nSPS) is 9.71. The van der Waals surface area contributed by atoms with Crippen molar-refractivity contribution in [1.82, 2.24) is 9.97 Å². The first-order valence-electron chi connectivity index (χ1n) is 4.16. The molecule has 0 unspecified atom stereocenters. The number of nitrogens with two attached hydrogens (primary N) is 1. The van der Waals surface area contributed by atoms with E-state index >= 15 is 0 Å². The first-order chi connectivity index (χ1) is 6.79. The summed E-state index contributed by atoms with van der Waals surface area (Å²) in [6, 6.07) is 1.73. The summed E-state index contributed by atoms with van der Waals surface area (Å²) in [5.74, 6) is 0.0659. The maximum Gasteiger partial charge on any atom is 0.243 e. The molecule has 1 rings (SSSR count). The van der Waals surface area contributed by atoms with Crippen LogP contribution in [0.3, 0.4) is 0 Å². The Hall–Kier alpha value is -1.69. The van der Waals surface area contributed by atoms with Gasteiger partial charge in [-0.25, -0.2) is 9.97 Å². The molecule has 1 amide bonds. The van der Waals surface area contributed by atoms with Crippen molar-refractivity contribution in [1.29, 1.82) is 0 Å². The van der Waals surface area contributed by atoms with Crippen LogP contribution in [0.5, 0.6) is 0 Å². The number of primary amides is 1. The average Bonchev–Trinajstić information content (AvgIpc) is 2.18. The third kappa shape index (κ3) is 4.36. The van der Waals surface area contributed by atoms with Crippen molar-refractivity contribution < 1.29 is 9.53 Å². The third-order valence-electron chi connectivity index (χ3n) is 1.34. The summed E-state index contributed by atoms with van der Waals surface area (Å²) in [4.78, 5) is 18.2. The molecule has 0 saturated carbocycles. The third-order valence-corrected chi connectivity index (χ3v) is 1.34. The topological polar surface area (TPSA) is 90.1 Å². The molecule has 1 aromatic heterocycles. The molecule has 1 aromatic rings. The number of nitrogens with zero attached hydrogens (tertiary/aromatic N) is 2. The van der Waals surface area contributed by atoms with E-state index in [0.29, 0.717) is 19.1 Å². The van der Waals surface area contributed by atoms with E-state index in [1.54, 1.807) is 18.5 Å². The standard InChI is InChI=1S/C8H12N4O2/c9-7(13)6-14-5-4-12-8-10-2-1-3-11-8/h1-3H,4-6H2,(H2,9,13)(H,10,11,12). The molecular formula is C8H12N4O2. The Morgan fingerprint density at radius 3 is 2.86 bits per heavy atom. The van der Waals surface area contributed by atoms with Gasteiger partial charge in [0.1, 0.15) is 6.61 Å². The maximum absolute atomic E-state index is 10.3. The summed E-state index contributed by atoms with van der Waals surface area (Å²) in [6.07, 6.45) is 3.28. The maximum atomic E-state index is 10.3. The van der Waals surface area contributed by atoms with E-state index in [1.165, 1.54) is 0 Å². The van der Waals surface area contributed by atoms with Crippen molar-refractivity contribution in [3.63, 3.8) is 0 Å². The van der Waals surface area contributed by atoms with Crippen molar-refractivity contribution in [3.05, 3.63) is 18.5 Å². The van der Waals surface area contributed by atoms with Gasteiger partial charge in [0.25, 0.3) is 0 Å². The summed E-state index contributed by atoms with van der Waals surface area (Å²) in [5, 5.41) is 2.92. The van der Waals surface area contributed by atoms with E-state index in [4.69, 9.17) is 10.5 Å². The summed E-state index contributed by atoms with van der Waals surface area (Å²) in [5.41, 5.74) is 4.88. The number of anilines is 1. The summed E-state index contributed by atoms with van der Waals surface area (Å²) >= 11 is 0. The molecule has 0 fully saturated rings. The zero-order valence-electron chi connectivity index (χ0n) is 7.64. The first kappa shape index (κ1) is 10.4. The Balaban J connectivity index is 2.08. The fourth-order valence-electron chi connectivity index (χ4n) is 0.798. The van der Waals surface area contributed by atoms with E-state index in [9.17, 15) is 4.79 Å². The molecule has 0 aromatic carbocycles. The molecule has 1 heterocycles. The fourth-order valence-corrected chi connectivity index (χ4v) is 0.798. The second-order valence-electron chi connectivity index (χ2n) is 2.52. The fraction of sp³-hybridized carbons (Fsp3) is 0.375. The van der Waals surface area contributed by atoms with E-state index in [2.05, 4.69) is 15.3 Å². The molecule has 0 aliphatic heterocycles. The van der Waals surface area contributed by atoms with Crippen LogP contribution in [0.1, 0.15) is 0 Å². The van der Waals surface area contributed by atoms with Crippen molar-refractivity contribution in [3.8, 4) is 0 Å². The smallest absolute Gasteiger partial charge is 0.243 e. The highest BCUT2D eigenvalue weighted by molar-refractivity contribution is 5.74. The predicted molar refractivity (Wildman–Crippen MR) is 50.5 cm³/mol. The highest BCUT2D eigenvalue weighted by Crippen LogP contribution is 1.91. The Morgan fingerprint density at radius 1 is 1.50 bits per heavy atom. The number of nitrogens with one attached hydrogen (secondary N) is 1. The molecule has 14 heavy (non-hydrogen) atoms. The minimum atomic E-state index is -0.471. The van der Waals surface area contributed by atoms with Crippen molar-refractivity contribution in [2.75, 3.05) is 25.1 Å². The SMILES string of the molecule is NC(=O)COCCNc1ncccn1. The van der Waals surface area contributed by atoms with Crippen LogP contribution in [0.2, 0.25) is 0 Å². The number of carbonyl (C=O) groups is 1. The summed E-state index contributed by atoms with van der Waals surface area (Å²) in [7, 11) is 0. The van der Waals surface area contributed by atoms with Gasteiger partial charge in [0.2, 0.25) is 11.9 Å². The highest BCUT2D eigenvalue weighted by atomic mass is 16.5. The number of aromatic nitrogens is 2. The van der Waals surface area contributed by atoms with Crippen LogP contribution in [0.25, 0.3) is 0 Å². The van der Waals surface area contributed by atoms with Gasteiger partial charge in [-0.05, 0) is 6.07 Å². The van der Waals surface area contributed by atoms with E-state index < -0.39 is 5.91 Å². The monoisotopic (exact) mass is 196 g/mol. The Morgan fingerprint density at radius 2 is 2.21 bits per heavy atom. The van der Waals surface area contributed by atoms with Crippen LogP contribution >= 0.6 is 0 Å². The van der Waals surface area contributed by atoms with Crippen LogP contribution in [0.4, 0.5) is 5.95 Å². The average molecular weight is 196 g/mol. The zero-order valence-corrected chi connectivity index (χ0v) is 7.64. The number of ether oxygens (including phenoxy) is 1. The Kier molecular flexibility index (Phi) is 4.36. The Labute approximate surface area is 81.5 Å². The molecule has 6 heteroatoms. The van der Waals surface area contributed by atoms with Gasteiger partial charge in [-0.15, -0.1) is 0 Å². The minimum Gasteiger partial charge on any atom is -0.370 e. The van der Waals surface area contributed by atoms with Crippen LogP contribution in [-0.2, 0) is 9.53 Å². The lowest BCUT2D eigenvalue weighted by molar-refractivity contribution is -0.122. The number of amides is 1. The van der Waals surface area contributed by atoms with Crippen molar-refractivity contribution in [2.24, 2.45) is 5.73 Å².